The van der Waals surface area contributed by atoms with E-state index in [9.17, 15) is 0 Å². The molecule has 1 N–H and O–H groups in total. The summed E-state index contributed by atoms with van der Waals surface area (Å²) >= 11 is 3.33. The molecule has 12 aromatic rings. The third-order valence-electron chi connectivity index (χ3n) is 15.3. The van der Waals surface area contributed by atoms with Gasteiger partial charge in [-0.1, -0.05) is 133 Å². The maximum atomic E-state index is 6.21. The molecule has 7 heterocycles. The maximum Gasteiger partial charge on any atom is 0.494 e. The molecule has 1 aliphatic heterocycles. The zero-order valence-electron chi connectivity index (χ0n) is 48.9. The Morgan fingerprint density at radius 2 is 0.893 bits per heavy atom. The number of aromatic nitrogens is 9. The van der Waals surface area contributed by atoms with Crippen LogP contribution in [-0.4, -0.2) is 63.0 Å². The second kappa shape index (κ2) is 26.0. The highest BCUT2D eigenvalue weighted by molar-refractivity contribution is 9.10. The fourth-order valence-electron chi connectivity index (χ4n) is 9.67. The molecule has 1 aliphatic rings. The van der Waals surface area contributed by atoms with E-state index in [0.717, 1.165) is 87.5 Å². The minimum atomic E-state index is -0.370. The van der Waals surface area contributed by atoms with E-state index in [2.05, 4.69) is 214 Å². The summed E-state index contributed by atoms with van der Waals surface area (Å²) in [7, 11) is 3.58. The zero-order valence-corrected chi connectivity index (χ0v) is 50.5. The lowest BCUT2D eigenvalue weighted by Gasteiger charge is -2.32. The number of nitrogens with one attached hydrogen (secondary N) is 1. The van der Waals surface area contributed by atoms with Crippen LogP contribution in [0.3, 0.4) is 0 Å². The topological polar surface area (TPSA) is 121 Å². The number of nitrogens with zero attached hydrogens (tertiary/aromatic N) is 8. The van der Waals surface area contributed by atoms with E-state index in [0.29, 0.717) is 0 Å². The van der Waals surface area contributed by atoms with Gasteiger partial charge in [0.15, 0.2) is 0 Å². The number of H-pyrrole nitrogens is 1. The average Bonchev–Trinajstić information content (AvgIpc) is 2.48. The predicted octanol–water partition coefficient (Wildman–Crippen LogP) is 16.4. The maximum absolute atomic E-state index is 6.21. The summed E-state index contributed by atoms with van der Waals surface area (Å²) in [6, 6.07) is 55.9. The Kier molecular flexibility index (Phi) is 18.0. The summed E-state index contributed by atoms with van der Waals surface area (Å²) in [5, 5.41) is 20.3. The first kappa shape index (κ1) is 58.1. The molecule has 1 fully saturated rings. The van der Waals surface area contributed by atoms with Crippen LogP contribution < -0.4 is 5.46 Å². The number of hydrogen-bond donors (Lipinski definition) is 1. The molecule has 13 heteroatoms. The molecule has 1 saturated heterocycles. The van der Waals surface area contributed by atoms with Crippen molar-refractivity contribution in [2.45, 2.75) is 59.7 Å². The third-order valence-corrected chi connectivity index (χ3v) is 16.1. The smallest absolute Gasteiger partial charge is 0.399 e. The van der Waals surface area contributed by atoms with Crippen LogP contribution in [0.15, 0.2) is 205 Å². The van der Waals surface area contributed by atoms with Gasteiger partial charge in [-0.05, 0) is 181 Å². The van der Waals surface area contributed by atoms with Crippen molar-refractivity contribution in [2.24, 2.45) is 14.1 Å². The van der Waals surface area contributed by atoms with Crippen molar-refractivity contribution in [1.29, 1.82) is 0 Å². The van der Waals surface area contributed by atoms with Gasteiger partial charge in [0.05, 0.1) is 44.8 Å². The standard InChI is InChI=1S/C22H25BN2O2.C22H19N3.C21H17N3.C6H6BrN/c1-21(2)22(3,4)27-23(26-21)17-12-14-20-18(15-17)19(24-25(20)5)13-11-16-9-7-6-8-10-16;1-16-12-13-23-15-20(16)18-9-11-22-19(14-18)21(24-25(22)2)10-8-17-6-4-3-5-7-17;1-15-11-12-22-14-19(15)17-8-10-21-18(13-17)20(23-24-21)9-7-16-5-3-2-4-6-16;1-5-2-3-8-4-6(5)7/h6-15H,1-5H3;3-15H,1-2H3;2-14H,1H3,(H,23,24);2-4H,1H3/b13-11+;10-8+;9-7+;. The van der Waals surface area contributed by atoms with Gasteiger partial charge in [-0.25, -0.2) is 0 Å². The minimum absolute atomic E-state index is 0.350. The van der Waals surface area contributed by atoms with E-state index < -0.39 is 0 Å². The Bertz CT molecular complexity index is 4260. The van der Waals surface area contributed by atoms with E-state index in [1.807, 2.05) is 134 Å². The molecular formula is C71H67BBrN9O2. The highest BCUT2D eigenvalue weighted by atomic mass is 79.9. The van der Waals surface area contributed by atoms with Gasteiger partial charge in [0, 0.05) is 83.0 Å². The highest BCUT2D eigenvalue weighted by Crippen LogP contribution is 2.37. The SMILES string of the molecule is Cc1ccncc1-c1ccc2[nH]nc(/C=C/c3ccccc3)c2c1.Cc1ccncc1-c1ccc2c(c1)c(/C=C/c1ccccc1)nn2C.Cc1ccncc1Br.Cn1nc(/C=C/c2ccccc2)c2cc(B3OC(C)(C)C(C)(C)O3)ccc21. The van der Waals surface area contributed by atoms with Gasteiger partial charge in [-0.2, -0.15) is 15.3 Å². The minimum Gasteiger partial charge on any atom is -0.399 e. The molecule has 0 aliphatic carbocycles. The molecule has 11 nitrogen and oxygen atoms in total. The first-order valence-electron chi connectivity index (χ1n) is 28.0. The lowest BCUT2D eigenvalue weighted by atomic mass is 9.78. The van der Waals surface area contributed by atoms with Crippen LogP contribution in [0.4, 0.5) is 0 Å². The van der Waals surface area contributed by atoms with Crippen molar-refractivity contribution >= 4 is 97.7 Å². The van der Waals surface area contributed by atoms with Crippen molar-refractivity contribution in [3.8, 4) is 22.3 Å². The first-order valence-corrected chi connectivity index (χ1v) is 28.7. The van der Waals surface area contributed by atoms with Gasteiger partial charge in [-0.3, -0.25) is 29.4 Å². The molecule has 6 aromatic heterocycles. The van der Waals surface area contributed by atoms with Crippen LogP contribution in [0.25, 0.3) is 91.4 Å². The molecule has 84 heavy (non-hydrogen) atoms. The van der Waals surface area contributed by atoms with Crippen LogP contribution in [0.2, 0.25) is 0 Å². The second-order valence-corrected chi connectivity index (χ2v) is 22.6. The first-order chi connectivity index (χ1) is 40.6. The zero-order chi connectivity index (χ0) is 58.8. The van der Waals surface area contributed by atoms with Gasteiger partial charge in [0.1, 0.15) is 0 Å². The Hall–Kier alpha value is -9.14. The van der Waals surface area contributed by atoms with Gasteiger partial charge < -0.3 is 9.31 Å². The number of hydrogen-bond acceptors (Lipinski definition) is 8. The molecule has 0 radical (unpaired) electrons. The fraction of sp³-hybridized carbons (Fsp3) is 0.155. The summed E-state index contributed by atoms with van der Waals surface area (Å²) in [5.74, 6) is 0. The van der Waals surface area contributed by atoms with Crippen LogP contribution in [-0.2, 0) is 23.4 Å². The summed E-state index contributed by atoms with van der Waals surface area (Å²) < 4.78 is 17.3. The predicted molar refractivity (Wildman–Crippen MR) is 352 cm³/mol. The van der Waals surface area contributed by atoms with Crippen molar-refractivity contribution in [3.05, 3.63) is 256 Å². The van der Waals surface area contributed by atoms with Crippen LogP contribution in [0, 0.1) is 20.8 Å². The summed E-state index contributed by atoms with van der Waals surface area (Å²) in [5.41, 5.74) is 18.2. The molecule has 0 saturated carbocycles. The molecule has 0 amide bonds. The number of aryl methyl sites for hydroxylation is 5. The van der Waals surface area contributed by atoms with E-state index >= 15 is 0 Å². The summed E-state index contributed by atoms with van der Waals surface area (Å²) in [6.45, 7) is 14.5. The number of pyridine rings is 3. The van der Waals surface area contributed by atoms with E-state index in [1.165, 1.54) is 27.8 Å². The van der Waals surface area contributed by atoms with Crippen LogP contribution >= 0.6 is 15.9 Å². The molecule has 6 aromatic carbocycles. The molecular weight excluding hydrogens is 1100 g/mol. The van der Waals surface area contributed by atoms with Gasteiger partial charge in [-0.15, -0.1) is 0 Å². The Morgan fingerprint density at radius 1 is 0.464 bits per heavy atom. The number of benzene rings is 6. The van der Waals surface area contributed by atoms with Crippen molar-refractivity contribution in [3.63, 3.8) is 0 Å². The number of rotatable bonds is 9. The monoisotopic (exact) mass is 1170 g/mol. The molecule has 0 bridgehead atoms. The van der Waals surface area contributed by atoms with Crippen molar-refractivity contribution < 1.29 is 9.31 Å². The Balaban J connectivity index is 0.000000132. The fourth-order valence-corrected chi connectivity index (χ4v) is 9.92. The summed E-state index contributed by atoms with van der Waals surface area (Å²) in [4.78, 5) is 12.4. The Labute approximate surface area is 500 Å². The highest BCUT2D eigenvalue weighted by Gasteiger charge is 2.51. The lowest BCUT2D eigenvalue weighted by molar-refractivity contribution is 0.00578. The average molecular weight is 1170 g/mol. The van der Waals surface area contributed by atoms with Crippen molar-refractivity contribution in [2.75, 3.05) is 0 Å². The van der Waals surface area contributed by atoms with E-state index in [4.69, 9.17) is 9.31 Å². The van der Waals surface area contributed by atoms with E-state index in [1.54, 1.807) is 12.4 Å². The molecule has 418 valence electrons. The van der Waals surface area contributed by atoms with Gasteiger partial charge in [0.2, 0.25) is 0 Å². The van der Waals surface area contributed by atoms with Crippen molar-refractivity contribution in [1.82, 2.24) is 44.7 Å². The Morgan fingerprint density at radius 3 is 1.36 bits per heavy atom. The molecule has 13 rings (SSSR count). The third kappa shape index (κ3) is 13.7. The normalized spacial score (nSPS) is 13.5. The lowest BCUT2D eigenvalue weighted by Crippen LogP contribution is -2.41. The summed E-state index contributed by atoms with van der Waals surface area (Å²) in [6.07, 6.45) is 23.5. The van der Waals surface area contributed by atoms with Crippen LogP contribution in [0.1, 0.15) is 78.2 Å². The number of aromatic amines is 1. The quantitative estimate of drug-likeness (QED) is 0.142. The number of fused-ring (bicyclic) bond motifs is 3. The van der Waals surface area contributed by atoms with Crippen LogP contribution in [0.5, 0.6) is 0 Å². The van der Waals surface area contributed by atoms with Gasteiger partial charge in [0.25, 0.3) is 0 Å². The largest absolute Gasteiger partial charge is 0.494 e. The molecule has 0 unspecified atom stereocenters. The van der Waals surface area contributed by atoms with E-state index in [-0.39, 0.29) is 18.3 Å². The number of halogens is 1. The van der Waals surface area contributed by atoms with Gasteiger partial charge >= 0.3 is 7.12 Å². The molecule has 0 atom stereocenters. The molecule has 0 spiro atoms. The second-order valence-electron chi connectivity index (χ2n) is 21.7.